The molecule has 1 atom stereocenters. The van der Waals surface area contributed by atoms with Crippen molar-refractivity contribution in [2.45, 2.75) is 19.4 Å². The van der Waals surface area contributed by atoms with Crippen molar-refractivity contribution < 1.29 is 24.2 Å². The Morgan fingerprint density at radius 1 is 0.900 bits per heavy atom. The Labute approximate surface area is 174 Å². The van der Waals surface area contributed by atoms with Crippen LogP contribution < -0.4 is 10.1 Å². The highest BCUT2D eigenvalue weighted by molar-refractivity contribution is 5.97. The molecule has 0 aliphatic heterocycles. The summed E-state index contributed by atoms with van der Waals surface area (Å²) in [5.41, 5.74) is 3.09. The Kier molecular flexibility index (Phi) is 6.60. The largest absolute Gasteiger partial charge is 0.480 e. The van der Waals surface area contributed by atoms with Crippen LogP contribution in [0.2, 0.25) is 0 Å². The van der Waals surface area contributed by atoms with E-state index in [-0.39, 0.29) is 17.7 Å². The normalized spacial score (nSPS) is 11.4. The fourth-order valence-corrected chi connectivity index (χ4v) is 3.01. The highest BCUT2D eigenvalue weighted by atomic mass is 16.5. The van der Waals surface area contributed by atoms with Crippen LogP contribution in [0.3, 0.4) is 0 Å². The summed E-state index contributed by atoms with van der Waals surface area (Å²) >= 11 is 0. The van der Waals surface area contributed by atoms with Crippen molar-refractivity contribution in [2.75, 3.05) is 0 Å². The number of esters is 1. The first-order valence-electron chi connectivity index (χ1n) is 9.39. The molecule has 0 aliphatic rings. The SMILES string of the molecule is CC(=O)Oc1cccc(C(=O)N[C@@H](Cc2ccc(-c3ccccc3)cc2)C(=O)O)c1. The van der Waals surface area contributed by atoms with Crippen molar-refractivity contribution in [2.24, 2.45) is 0 Å². The van der Waals surface area contributed by atoms with Crippen LogP contribution in [0.1, 0.15) is 22.8 Å². The lowest BCUT2D eigenvalue weighted by Gasteiger charge is -2.15. The number of benzene rings is 3. The van der Waals surface area contributed by atoms with Gasteiger partial charge in [-0.1, -0.05) is 60.7 Å². The molecule has 0 radical (unpaired) electrons. The second-order valence-electron chi connectivity index (χ2n) is 6.75. The van der Waals surface area contributed by atoms with Crippen LogP contribution in [-0.2, 0) is 16.0 Å². The van der Waals surface area contributed by atoms with Crippen molar-refractivity contribution in [3.05, 3.63) is 90.0 Å². The van der Waals surface area contributed by atoms with Crippen LogP contribution in [0.15, 0.2) is 78.9 Å². The predicted octanol–water partition coefficient (Wildman–Crippen LogP) is 3.70. The molecule has 0 unspecified atom stereocenters. The van der Waals surface area contributed by atoms with Crippen LogP contribution in [0.4, 0.5) is 0 Å². The first-order valence-corrected chi connectivity index (χ1v) is 9.39. The smallest absolute Gasteiger partial charge is 0.326 e. The maximum atomic E-state index is 12.5. The highest BCUT2D eigenvalue weighted by Crippen LogP contribution is 2.20. The van der Waals surface area contributed by atoms with Crippen LogP contribution in [0.25, 0.3) is 11.1 Å². The third-order valence-electron chi connectivity index (χ3n) is 4.46. The molecule has 30 heavy (non-hydrogen) atoms. The molecule has 0 aromatic heterocycles. The van der Waals surface area contributed by atoms with E-state index in [1.54, 1.807) is 12.1 Å². The van der Waals surface area contributed by atoms with Gasteiger partial charge in [0, 0.05) is 18.9 Å². The number of amides is 1. The molecule has 0 heterocycles. The van der Waals surface area contributed by atoms with E-state index in [2.05, 4.69) is 5.32 Å². The molecule has 6 heteroatoms. The minimum absolute atomic E-state index is 0.139. The van der Waals surface area contributed by atoms with Gasteiger partial charge in [-0.15, -0.1) is 0 Å². The molecule has 1 amide bonds. The summed E-state index contributed by atoms with van der Waals surface area (Å²) in [6.45, 7) is 1.26. The second-order valence-corrected chi connectivity index (χ2v) is 6.75. The minimum Gasteiger partial charge on any atom is -0.480 e. The highest BCUT2D eigenvalue weighted by Gasteiger charge is 2.21. The maximum Gasteiger partial charge on any atom is 0.326 e. The molecule has 0 saturated heterocycles. The Bertz CT molecular complexity index is 1040. The van der Waals surface area contributed by atoms with Gasteiger partial charge in [-0.05, 0) is 34.9 Å². The predicted molar refractivity (Wildman–Crippen MR) is 112 cm³/mol. The number of carbonyl (C=O) groups excluding carboxylic acids is 2. The van der Waals surface area contributed by atoms with Gasteiger partial charge in [-0.2, -0.15) is 0 Å². The van der Waals surface area contributed by atoms with E-state index in [1.165, 1.54) is 19.1 Å². The second kappa shape index (κ2) is 9.52. The molecule has 2 N–H and O–H groups in total. The lowest BCUT2D eigenvalue weighted by molar-refractivity contribution is -0.139. The molecule has 0 aliphatic carbocycles. The van der Waals surface area contributed by atoms with Crippen molar-refractivity contribution >= 4 is 17.8 Å². The molecule has 0 spiro atoms. The zero-order valence-electron chi connectivity index (χ0n) is 16.4. The Hall–Kier alpha value is -3.93. The van der Waals surface area contributed by atoms with Crippen molar-refractivity contribution in [1.82, 2.24) is 5.32 Å². The number of rotatable bonds is 7. The third-order valence-corrected chi connectivity index (χ3v) is 4.46. The fourth-order valence-electron chi connectivity index (χ4n) is 3.01. The number of aliphatic carboxylic acids is 1. The minimum atomic E-state index is -1.13. The first kappa shape index (κ1) is 20.8. The van der Waals surface area contributed by atoms with Crippen LogP contribution in [0, 0.1) is 0 Å². The number of nitrogens with one attached hydrogen (secondary N) is 1. The number of ether oxygens (including phenoxy) is 1. The van der Waals surface area contributed by atoms with E-state index in [4.69, 9.17) is 4.74 Å². The lowest BCUT2D eigenvalue weighted by Crippen LogP contribution is -2.42. The maximum absolute atomic E-state index is 12.5. The Morgan fingerprint density at radius 3 is 2.20 bits per heavy atom. The number of carboxylic acid groups (broad SMARTS) is 1. The number of carboxylic acids is 1. The zero-order chi connectivity index (χ0) is 21.5. The lowest BCUT2D eigenvalue weighted by atomic mass is 10.0. The molecule has 3 aromatic rings. The monoisotopic (exact) mass is 403 g/mol. The van der Waals surface area contributed by atoms with Crippen LogP contribution >= 0.6 is 0 Å². The molecule has 0 saturated carbocycles. The van der Waals surface area contributed by atoms with Gasteiger partial charge in [0.2, 0.25) is 0 Å². The van der Waals surface area contributed by atoms with Gasteiger partial charge in [0.25, 0.3) is 5.91 Å². The first-order chi connectivity index (χ1) is 14.4. The summed E-state index contributed by atoms with van der Waals surface area (Å²) < 4.78 is 4.97. The molecular formula is C24H21NO5. The molecule has 3 aromatic carbocycles. The van der Waals surface area contributed by atoms with E-state index >= 15 is 0 Å². The summed E-state index contributed by atoms with van der Waals surface area (Å²) in [7, 11) is 0. The van der Waals surface area contributed by atoms with Gasteiger partial charge >= 0.3 is 11.9 Å². The standard InChI is InChI=1S/C24H21NO5/c1-16(26)30-21-9-5-8-20(15-21)23(27)25-22(24(28)29)14-17-10-12-19(13-11-17)18-6-3-2-4-7-18/h2-13,15,22H,14H2,1H3,(H,25,27)(H,28,29)/t22-/m0/s1. The topological polar surface area (TPSA) is 92.7 Å². The Morgan fingerprint density at radius 2 is 1.57 bits per heavy atom. The molecule has 0 fully saturated rings. The molecule has 152 valence electrons. The van der Waals surface area contributed by atoms with Gasteiger partial charge in [0.1, 0.15) is 11.8 Å². The quantitative estimate of drug-likeness (QED) is 0.463. The van der Waals surface area contributed by atoms with Crippen molar-refractivity contribution in [3.8, 4) is 16.9 Å². The van der Waals surface area contributed by atoms with Gasteiger partial charge in [-0.25, -0.2) is 4.79 Å². The summed E-state index contributed by atoms with van der Waals surface area (Å²) in [6, 6.07) is 22.3. The summed E-state index contributed by atoms with van der Waals surface area (Å²) in [5.74, 6) is -1.97. The van der Waals surface area contributed by atoms with Gasteiger partial charge in [0.15, 0.2) is 0 Å². The van der Waals surface area contributed by atoms with Crippen LogP contribution in [-0.4, -0.2) is 29.0 Å². The van der Waals surface area contributed by atoms with Gasteiger partial charge < -0.3 is 15.2 Å². The Balaban J connectivity index is 1.70. The van der Waals surface area contributed by atoms with E-state index in [1.807, 2.05) is 54.6 Å². The number of hydrogen-bond acceptors (Lipinski definition) is 4. The van der Waals surface area contributed by atoms with Crippen molar-refractivity contribution in [1.29, 1.82) is 0 Å². The van der Waals surface area contributed by atoms with E-state index < -0.39 is 23.9 Å². The molecule has 0 bridgehead atoms. The van der Waals surface area contributed by atoms with E-state index in [9.17, 15) is 19.5 Å². The van der Waals surface area contributed by atoms with E-state index in [0.717, 1.165) is 16.7 Å². The number of carbonyl (C=O) groups is 3. The van der Waals surface area contributed by atoms with Crippen LogP contribution in [0.5, 0.6) is 5.75 Å². The van der Waals surface area contributed by atoms with Gasteiger partial charge in [0.05, 0.1) is 0 Å². The molecule has 3 rings (SSSR count). The zero-order valence-corrected chi connectivity index (χ0v) is 16.4. The third kappa shape index (κ3) is 5.54. The number of hydrogen-bond donors (Lipinski definition) is 2. The summed E-state index contributed by atoms with van der Waals surface area (Å²) in [4.78, 5) is 35.3. The summed E-state index contributed by atoms with van der Waals surface area (Å²) in [5, 5.41) is 12.1. The fraction of sp³-hybridized carbons (Fsp3) is 0.125. The van der Waals surface area contributed by atoms with Crippen molar-refractivity contribution in [3.63, 3.8) is 0 Å². The summed E-state index contributed by atoms with van der Waals surface area (Å²) in [6.07, 6.45) is 0.139. The molecule has 6 nitrogen and oxygen atoms in total. The van der Waals surface area contributed by atoms with Gasteiger partial charge in [-0.3, -0.25) is 9.59 Å². The average Bonchev–Trinajstić information content (AvgIpc) is 2.74. The average molecular weight is 403 g/mol. The molecular weight excluding hydrogens is 382 g/mol. The van der Waals surface area contributed by atoms with E-state index in [0.29, 0.717) is 0 Å².